The number of carboxylic acids is 1. The van der Waals surface area contributed by atoms with E-state index in [9.17, 15) is 9.59 Å². The van der Waals surface area contributed by atoms with Crippen LogP contribution < -0.4 is 0 Å². The molecule has 1 atom stereocenters. The van der Waals surface area contributed by atoms with E-state index in [4.69, 9.17) is 10.2 Å². The highest BCUT2D eigenvalue weighted by Gasteiger charge is 2.33. The van der Waals surface area contributed by atoms with E-state index in [0.717, 1.165) is 4.90 Å². The SMILES string of the molecule is O=C(O)C1CC(=O)N(CO)C1. The van der Waals surface area contributed by atoms with E-state index in [1.165, 1.54) is 0 Å². The topological polar surface area (TPSA) is 77.8 Å². The van der Waals surface area contributed by atoms with Gasteiger partial charge in [0.2, 0.25) is 5.91 Å². The lowest BCUT2D eigenvalue weighted by molar-refractivity contribution is -0.141. The standard InChI is InChI=1S/C6H9NO4/c8-3-7-2-4(6(10)11)1-5(7)9/h4,8H,1-3H2,(H,10,11). The van der Waals surface area contributed by atoms with E-state index in [0.29, 0.717) is 0 Å². The predicted molar refractivity (Wildman–Crippen MR) is 34.5 cm³/mol. The lowest BCUT2D eigenvalue weighted by atomic mass is 10.1. The summed E-state index contributed by atoms with van der Waals surface area (Å²) in [5, 5.41) is 17.0. The van der Waals surface area contributed by atoms with Crippen LogP contribution in [0.3, 0.4) is 0 Å². The number of likely N-dealkylation sites (tertiary alicyclic amines) is 1. The van der Waals surface area contributed by atoms with Crippen LogP contribution in [0.2, 0.25) is 0 Å². The summed E-state index contributed by atoms with van der Waals surface area (Å²) in [4.78, 5) is 22.3. The molecule has 1 unspecified atom stereocenters. The van der Waals surface area contributed by atoms with Gasteiger partial charge < -0.3 is 15.1 Å². The minimum absolute atomic E-state index is 0.00981. The normalized spacial score (nSPS) is 24.3. The molecule has 5 heteroatoms. The molecule has 0 aliphatic carbocycles. The highest BCUT2D eigenvalue weighted by Crippen LogP contribution is 2.16. The lowest BCUT2D eigenvalue weighted by Crippen LogP contribution is -2.26. The van der Waals surface area contributed by atoms with Crippen LogP contribution >= 0.6 is 0 Å². The highest BCUT2D eigenvalue weighted by atomic mass is 16.4. The number of aliphatic hydroxyl groups excluding tert-OH is 1. The van der Waals surface area contributed by atoms with Crippen LogP contribution in [0, 0.1) is 5.92 Å². The van der Waals surface area contributed by atoms with Crippen molar-refractivity contribution < 1.29 is 19.8 Å². The quantitative estimate of drug-likeness (QED) is 0.534. The third kappa shape index (κ3) is 1.48. The first-order chi connectivity index (χ1) is 5.15. The van der Waals surface area contributed by atoms with Crippen LogP contribution in [0.15, 0.2) is 0 Å². The number of carbonyl (C=O) groups is 2. The lowest BCUT2D eigenvalue weighted by Gasteiger charge is -2.10. The van der Waals surface area contributed by atoms with Crippen LogP contribution in [0.5, 0.6) is 0 Å². The molecule has 0 saturated carbocycles. The van der Waals surface area contributed by atoms with Gasteiger partial charge in [-0.15, -0.1) is 0 Å². The molecule has 1 aliphatic rings. The number of aliphatic hydroxyl groups is 1. The van der Waals surface area contributed by atoms with E-state index in [1.807, 2.05) is 0 Å². The Morgan fingerprint density at radius 3 is 2.64 bits per heavy atom. The number of aliphatic carboxylic acids is 1. The summed E-state index contributed by atoms with van der Waals surface area (Å²) < 4.78 is 0. The molecule has 11 heavy (non-hydrogen) atoms. The second-order valence-corrected chi connectivity index (χ2v) is 2.50. The molecule has 1 rings (SSSR count). The van der Waals surface area contributed by atoms with Gasteiger partial charge in [0.1, 0.15) is 6.73 Å². The zero-order valence-corrected chi connectivity index (χ0v) is 5.86. The Labute approximate surface area is 63.2 Å². The van der Waals surface area contributed by atoms with Gasteiger partial charge in [-0.05, 0) is 0 Å². The first kappa shape index (κ1) is 8.00. The molecule has 2 N–H and O–H groups in total. The molecular weight excluding hydrogens is 150 g/mol. The molecule has 0 bridgehead atoms. The molecule has 0 aromatic rings. The number of amides is 1. The van der Waals surface area contributed by atoms with Crippen molar-refractivity contribution in [2.24, 2.45) is 5.92 Å². The predicted octanol–water partition coefficient (Wildman–Crippen LogP) is -1.13. The maximum absolute atomic E-state index is 10.8. The van der Waals surface area contributed by atoms with Gasteiger partial charge in [-0.2, -0.15) is 0 Å². The smallest absolute Gasteiger partial charge is 0.308 e. The van der Waals surface area contributed by atoms with Crippen LogP contribution in [0.1, 0.15) is 6.42 Å². The number of nitrogens with zero attached hydrogens (tertiary/aromatic N) is 1. The molecule has 1 fully saturated rings. The molecule has 0 aromatic carbocycles. The Hall–Kier alpha value is -1.10. The Morgan fingerprint density at radius 2 is 2.36 bits per heavy atom. The van der Waals surface area contributed by atoms with Gasteiger partial charge in [-0.3, -0.25) is 9.59 Å². The first-order valence-corrected chi connectivity index (χ1v) is 3.26. The van der Waals surface area contributed by atoms with Gasteiger partial charge in [0.25, 0.3) is 0 Å². The van der Waals surface area contributed by atoms with Gasteiger partial charge in [-0.25, -0.2) is 0 Å². The summed E-state index contributed by atoms with van der Waals surface area (Å²) >= 11 is 0. The van der Waals surface area contributed by atoms with Gasteiger partial charge in [-0.1, -0.05) is 0 Å². The van der Waals surface area contributed by atoms with Crippen molar-refractivity contribution in [3.63, 3.8) is 0 Å². The molecule has 0 radical (unpaired) electrons. The molecule has 1 amide bonds. The van der Waals surface area contributed by atoms with E-state index in [-0.39, 0.29) is 25.6 Å². The van der Waals surface area contributed by atoms with Crippen molar-refractivity contribution in [3.05, 3.63) is 0 Å². The zero-order valence-electron chi connectivity index (χ0n) is 5.86. The third-order valence-corrected chi connectivity index (χ3v) is 1.73. The fourth-order valence-corrected chi connectivity index (χ4v) is 1.07. The molecule has 1 aliphatic heterocycles. The van der Waals surface area contributed by atoms with Gasteiger partial charge in [0.15, 0.2) is 0 Å². The molecule has 0 spiro atoms. The van der Waals surface area contributed by atoms with Crippen molar-refractivity contribution in [2.75, 3.05) is 13.3 Å². The second kappa shape index (κ2) is 2.87. The molecule has 62 valence electrons. The monoisotopic (exact) mass is 159 g/mol. The van der Waals surface area contributed by atoms with Crippen molar-refractivity contribution in [2.45, 2.75) is 6.42 Å². The molecule has 0 aromatic heterocycles. The van der Waals surface area contributed by atoms with Crippen LogP contribution in [-0.2, 0) is 9.59 Å². The summed E-state index contributed by atoms with van der Waals surface area (Å²) in [5.74, 6) is -1.91. The Balaban J connectivity index is 2.56. The highest BCUT2D eigenvalue weighted by molar-refractivity contribution is 5.85. The van der Waals surface area contributed by atoms with Gasteiger partial charge >= 0.3 is 5.97 Å². The van der Waals surface area contributed by atoms with Crippen molar-refractivity contribution in [1.29, 1.82) is 0 Å². The number of hydrogen-bond donors (Lipinski definition) is 2. The summed E-state index contributed by atoms with van der Waals surface area (Å²) in [6, 6.07) is 0. The van der Waals surface area contributed by atoms with E-state index in [2.05, 4.69) is 0 Å². The summed E-state index contributed by atoms with van der Waals surface area (Å²) in [7, 11) is 0. The van der Waals surface area contributed by atoms with E-state index < -0.39 is 11.9 Å². The van der Waals surface area contributed by atoms with E-state index in [1.54, 1.807) is 0 Å². The Morgan fingerprint density at radius 1 is 1.73 bits per heavy atom. The average Bonchev–Trinajstić information content (AvgIpc) is 2.31. The van der Waals surface area contributed by atoms with Crippen LogP contribution in [0.25, 0.3) is 0 Å². The molecule has 5 nitrogen and oxygen atoms in total. The number of carboxylic acid groups (broad SMARTS) is 1. The zero-order chi connectivity index (χ0) is 8.43. The fourth-order valence-electron chi connectivity index (χ4n) is 1.07. The maximum atomic E-state index is 10.8. The summed E-state index contributed by atoms with van der Waals surface area (Å²) in [6.07, 6.45) is 0.00981. The van der Waals surface area contributed by atoms with Crippen LogP contribution in [-0.4, -0.2) is 40.3 Å². The number of rotatable bonds is 2. The van der Waals surface area contributed by atoms with E-state index >= 15 is 0 Å². The molecule has 1 saturated heterocycles. The third-order valence-electron chi connectivity index (χ3n) is 1.73. The average molecular weight is 159 g/mol. The van der Waals surface area contributed by atoms with Crippen molar-refractivity contribution in [3.8, 4) is 0 Å². The van der Waals surface area contributed by atoms with Crippen molar-refractivity contribution in [1.82, 2.24) is 4.90 Å². The largest absolute Gasteiger partial charge is 0.481 e. The maximum Gasteiger partial charge on any atom is 0.308 e. The number of carbonyl (C=O) groups excluding carboxylic acids is 1. The van der Waals surface area contributed by atoms with Crippen LogP contribution in [0.4, 0.5) is 0 Å². The Bertz CT molecular complexity index is 191. The fraction of sp³-hybridized carbons (Fsp3) is 0.667. The van der Waals surface area contributed by atoms with Gasteiger partial charge in [0.05, 0.1) is 5.92 Å². The molecular formula is C6H9NO4. The molecule has 1 heterocycles. The summed E-state index contributed by atoms with van der Waals surface area (Å²) in [5.41, 5.74) is 0. The minimum atomic E-state index is -0.977. The number of hydrogen-bond acceptors (Lipinski definition) is 3. The first-order valence-electron chi connectivity index (χ1n) is 3.26. The minimum Gasteiger partial charge on any atom is -0.481 e. The van der Waals surface area contributed by atoms with Crippen molar-refractivity contribution >= 4 is 11.9 Å². The Kier molecular flexibility index (Phi) is 2.09. The second-order valence-electron chi connectivity index (χ2n) is 2.50. The van der Waals surface area contributed by atoms with Gasteiger partial charge in [0, 0.05) is 13.0 Å². The summed E-state index contributed by atoms with van der Waals surface area (Å²) in [6.45, 7) is -0.257.